The highest BCUT2D eigenvalue weighted by Crippen LogP contribution is 2.30. The van der Waals surface area contributed by atoms with E-state index in [9.17, 15) is 9.59 Å². The van der Waals surface area contributed by atoms with Crippen LogP contribution in [0.15, 0.2) is 36.5 Å². The van der Waals surface area contributed by atoms with Crippen LogP contribution >= 0.6 is 0 Å². The number of ether oxygens (including phenoxy) is 1. The van der Waals surface area contributed by atoms with E-state index in [4.69, 9.17) is 4.74 Å². The van der Waals surface area contributed by atoms with Gasteiger partial charge in [0.15, 0.2) is 0 Å². The summed E-state index contributed by atoms with van der Waals surface area (Å²) < 4.78 is 5.03. The van der Waals surface area contributed by atoms with Crippen LogP contribution in [0.3, 0.4) is 0 Å². The number of pyridine rings is 1. The van der Waals surface area contributed by atoms with Gasteiger partial charge in [-0.05, 0) is 36.6 Å². The fourth-order valence-electron chi connectivity index (χ4n) is 3.56. The van der Waals surface area contributed by atoms with Gasteiger partial charge in [-0.3, -0.25) is 14.5 Å². The number of amides is 1. The molecular formula is C22H28N4O3. The van der Waals surface area contributed by atoms with E-state index in [-0.39, 0.29) is 11.9 Å². The van der Waals surface area contributed by atoms with Crippen LogP contribution in [-0.2, 0) is 9.53 Å². The summed E-state index contributed by atoms with van der Waals surface area (Å²) in [5, 5.41) is 2.70. The fraction of sp³-hybridized carbons (Fsp3) is 0.409. The Balaban J connectivity index is 1.81. The summed E-state index contributed by atoms with van der Waals surface area (Å²) in [6.07, 6.45) is 1.65. The van der Waals surface area contributed by atoms with Gasteiger partial charge in [0.2, 0.25) is 0 Å². The van der Waals surface area contributed by atoms with Crippen LogP contribution in [0.25, 0.3) is 11.1 Å². The average molecular weight is 396 g/mol. The molecule has 154 valence electrons. The number of aryl methyl sites for hydroxylation is 1. The van der Waals surface area contributed by atoms with Gasteiger partial charge in [-0.2, -0.15) is 0 Å². The van der Waals surface area contributed by atoms with Crippen LogP contribution in [0.1, 0.15) is 22.8 Å². The molecule has 7 heteroatoms. The van der Waals surface area contributed by atoms with Crippen molar-refractivity contribution in [2.45, 2.75) is 13.8 Å². The molecule has 29 heavy (non-hydrogen) atoms. The van der Waals surface area contributed by atoms with E-state index in [2.05, 4.69) is 20.1 Å². The van der Waals surface area contributed by atoms with Crippen LogP contribution in [0.2, 0.25) is 0 Å². The monoisotopic (exact) mass is 396 g/mol. The Labute approximate surface area is 171 Å². The van der Waals surface area contributed by atoms with Crippen molar-refractivity contribution in [3.8, 4) is 11.1 Å². The Morgan fingerprint density at radius 1 is 1.14 bits per heavy atom. The molecule has 1 aromatic heterocycles. The van der Waals surface area contributed by atoms with Crippen molar-refractivity contribution in [1.29, 1.82) is 0 Å². The number of anilines is 1. The largest absolute Gasteiger partial charge is 0.465 e. The number of nitrogens with zero attached hydrogens (tertiary/aromatic N) is 3. The molecule has 1 saturated heterocycles. The molecule has 0 spiro atoms. The summed E-state index contributed by atoms with van der Waals surface area (Å²) in [5.41, 5.74) is 3.57. The number of carbonyl (C=O) groups is 2. The van der Waals surface area contributed by atoms with Crippen molar-refractivity contribution in [2.75, 3.05) is 51.3 Å². The molecule has 1 N–H and O–H groups in total. The van der Waals surface area contributed by atoms with E-state index in [0.29, 0.717) is 18.7 Å². The van der Waals surface area contributed by atoms with E-state index < -0.39 is 0 Å². The molecule has 1 aromatic carbocycles. The maximum atomic E-state index is 12.4. The van der Waals surface area contributed by atoms with Crippen LogP contribution < -0.4 is 10.2 Å². The van der Waals surface area contributed by atoms with Crippen molar-refractivity contribution >= 4 is 17.7 Å². The van der Waals surface area contributed by atoms with Gasteiger partial charge in [-0.15, -0.1) is 0 Å². The quantitative estimate of drug-likeness (QED) is 0.754. The number of hydrogen-bond acceptors (Lipinski definition) is 6. The van der Waals surface area contributed by atoms with E-state index in [1.54, 1.807) is 13.2 Å². The van der Waals surface area contributed by atoms with Gasteiger partial charge in [0.25, 0.3) is 5.91 Å². The van der Waals surface area contributed by atoms with E-state index in [1.165, 1.54) is 0 Å². The number of benzene rings is 1. The lowest BCUT2D eigenvalue weighted by Crippen LogP contribution is -2.48. The van der Waals surface area contributed by atoms with Crippen molar-refractivity contribution in [2.24, 2.45) is 0 Å². The Bertz CT molecular complexity index is 876. The smallest absolute Gasteiger partial charge is 0.320 e. The predicted molar refractivity (Wildman–Crippen MR) is 113 cm³/mol. The first kappa shape index (κ1) is 20.8. The van der Waals surface area contributed by atoms with Crippen LogP contribution in [0.4, 0.5) is 5.82 Å². The summed E-state index contributed by atoms with van der Waals surface area (Å²) in [4.78, 5) is 32.9. The summed E-state index contributed by atoms with van der Waals surface area (Å²) in [6, 6.07) is 10.0. The highest BCUT2D eigenvalue weighted by molar-refractivity contribution is 6.01. The normalized spacial score (nSPS) is 14.5. The van der Waals surface area contributed by atoms with E-state index >= 15 is 0 Å². The zero-order valence-corrected chi connectivity index (χ0v) is 17.3. The number of carbonyl (C=O) groups excluding carboxylic acids is 2. The lowest BCUT2D eigenvalue weighted by molar-refractivity contribution is -0.144. The maximum Gasteiger partial charge on any atom is 0.320 e. The van der Waals surface area contributed by atoms with Gasteiger partial charge in [0, 0.05) is 39.4 Å². The average Bonchev–Trinajstić information content (AvgIpc) is 2.74. The third-order valence-electron chi connectivity index (χ3n) is 5.15. The molecule has 1 amide bonds. The molecule has 0 radical (unpaired) electrons. The van der Waals surface area contributed by atoms with Gasteiger partial charge in [-0.1, -0.05) is 24.3 Å². The molecule has 2 heterocycles. The summed E-state index contributed by atoms with van der Waals surface area (Å²) in [6.45, 7) is 7.63. The molecule has 7 nitrogen and oxygen atoms in total. The minimum atomic E-state index is -0.184. The van der Waals surface area contributed by atoms with Gasteiger partial charge in [0.1, 0.15) is 5.82 Å². The zero-order valence-electron chi connectivity index (χ0n) is 17.3. The molecule has 1 fully saturated rings. The fourth-order valence-corrected chi connectivity index (χ4v) is 3.56. The number of esters is 1. The highest BCUT2D eigenvalue weighted by atomic mass is 16.5. The van der Waals surface area contributed by atoms with Gasteiger partial charge < -0.3 is 15.0 Å². The maximum absolute atomic E-state index is 12.4. The van der Waals surface area contributed by atoms with E-state index in [0.717, 1.165) is 48.7 Å². The molecule has 3 rings (SSSR count). The van der Waals surface area contributed by atoms with Crippen molar-refractivity contribution in [3.63, 3.8) is 0 Å². The van der Waals surface area contributed by atoms with Crippen molar-refractivity contribution in [3.05, 3.63) is 47.7 Å². The third kappa shape index (κ3) is 4.92. The molecule has 2 aromatic rings. The second-order valence-corrected chi connectivity index (χ2v) is 7.05. The molecular weight excluding hydrogens is 368 g/mol. The van der Waals surface area contributed by atoms with Crippen LogP contribution in [0, 0.1) is 6.92 Å². The van der Waals surface area contributed by atoms with Crippen LogP contribution in [0.5, 0.6) is 0 Å². The molecule has 1 aliphatic heterocycles. The first-order valence-electron chi connectivity index (χ1n) is 9.94. The number of piperazine rings is 1. The van der Waals surface area contributed by atoms with Gasteiger partial charge in [0.05, 0.1) is 18.7 Å². The second-order valence-electron chi connectivity index (χ2n) is 7.05. The Hall–Kier alpha value is -2.93. The molecule has 0 bridgehead atoms. The SMILES string of the molecule is CCOC(=O)CN1CCN(c2cc(-c3ccccc3C)c(C(=O)NC)cn2)CC1. The summed E-state index contributed by atoms with van der Waals surface area (Å²) in [5.74, 6) is 0.504. The number of aromatic nitrogens is 1. The lowest BCUT2D eigenvalue weighted by atomic mass is 9.97. The standard InChI is InChI=1S/C22H28N4O3/c1-4-29-21(27)15-25-9-11-26(12-10-25)20-13-18(17-8-6-5-7-16(17)2)19(14-24-20)22(28)23-3/h5-8,13-14H,4,9-12,15H2,1-3H3,(H,23,28). The molecule has 0 aliphatic carbocycles. The second kappa shape index (κ2) is 9.52. The Morgan fingerprint density at radius 3 is 2.52 bits per heavy atom. The summed E-state index contributed by atoms with van der Waals surface area (Å²) >= 11 is 0. The van der Waals surface area contributed by atoms with Crippen molar-refractivity contribution < 1.29 is 14.3 Å². The zero-order chi connectivity index (χ0) is 20.8. The highest BCUT2D eigenvalue weighted by Gasteiger charge is 2.22. The van der Waals surface area contributed by atoms with Gasteiger partial charge >= 0.3 is 5.97 Å². The van der Waals surface area contributed by atoms with Crippen LogP contribution in [-0.4, -0.2) is 68.1 Å². The molecule has 0 atom stereocenters. The lowest BCUT2D eigenvalue weighted by Gasteiger charge is -2.35. The molecule has 1 aliphatic rings. The molecule has 0 unspecified atom stereocenters. The van der Waals surface area contributed by atoms with E-state index in [1.807, 2.05) is 44.2 Å². The first-order valence-corrected chi connectivity index (χ1v) is 9.94. The minimum absolute atomic E-state index is 0.151. The molecule has 0 saturated carbocycles. The van der Waals surface area contributed by atoms with Crippen molar-refractivity contribution in [1.82, 2.24) is 15.2 Å². The predicted octanol–water partition coefficient (Wildman–Crippen LogP) is 2.10. The number of rotatable bonds is 6. The minimum Gasteiger partial charge on any atom is -0.465 e. The third-order valence-corrected chi connectivity index (χ3v) is 5.15. The number of hydrogen-bond donors (Lipinski definition) is 1. The van der Waals surface area contributed by atoms with Gasteiger partial charge in [-0.25, -0.2) is 4.98 Å². The Kier molecular flexibility index (Phi) is 6.82. The first-order chi connectivity index (χ1) is 14.0. The summed E-state index contributed by atoms with van der Waals surface area (Å²) in [7, 11) is 1.63. The number of nitrogens with one attached hydrogen (secondary N) is 1. The topological polar surface area (TPSA) is 74.8 Å². The Morgan fingerprint density at radius 2 is 1.86 bits per heavy atom.